The van der Waals surface area contributed by atoms with Gasteiger partial charge in [0.1, 0.15) is 6.04 Å². The smallest absolute Gasteiger partial charge is 0.248 e. The van der Waals surface area contributed by atoms with Gasteiger partial charge in [0, 0.05) is 23.8 Å². The van der Waals surface area contributed by atoms with E-state index in [9.17, 15) is 4.79 Å². The van der Waals surface area contributed by atoms with Gasteiger partial charge in [0.15, 0.2) is 0 Å². The molecule has 1 amide bonds. The zero-order valence-corrected chi connectivity index (χ0v) is 14.4. The van der Waals surface area contributed by atoms with Crippen LogP contribution in [0.3, 0.4) is 0 Å². The first kappa shape index (κ1) is 16.1. The number of carbonyl (C=O) groups is 1. The van der Waals surface area contributed by atoms with Crippen molar-refractivity contribution in [3.63, 3.8) is 0 Å². The van der Waals surface area contributed by atoms with E-state index in [0.717, 1.165) is 24.4 Å². The fourth-order valence-electron chi connectivity index (χ4n) is 3.66. The number of nitrogens with one attached hydrogen (secondary N) is 2. The number of ether oxygens (including phenoxy) is 1. The monoisotopic (exact) mass is 340 g/mol. The molecule has 1 spiro atoms. The fraction of sp³-hybridized carbons (Fsp3) is 0.474. The lowest BCUT2D eigenvalue weighted by atomic mass is 9.77. The Morgan fingerprint density at radius 3 is 2.88 bits per heavy atom. The molecule has 2 N–H and O–H groups in total. The largest absolute Gasteiger partial charge is 0.380 e. The Kier molecular flexibility index (Phi) is 4.21. The van der Waals surface area contributed by atoms with Crippen molar-refractivity contribution >= 4 is 17.3 Å². The predicted octanol–water partition coefficient (Wildman–Crippen LogP) is 3.21. The summed E-state index contributed by atoms with van der Waals surface area (Å²) in [5.41, 5.74) is 1.93. The van der Waals surface area contributed by atoms with Gasteiger partial charge in [-0.1, -0.05) is 6.07 Å². The molecule has 6 heteroatoms. The molecule has 1 aromatic heterocycles. The van der Waals surface area contributed by atoms with Crippen LogP contribution in [0.15, 0.2) is 42.7 Å². The summed E-state index contributed by atoms with van der Waals surface area (Å²) in [6, 6.07) is 9.65. The highest BCUT2D eigenvalue weighted by atomic mass is 16.5. The van der Waals surface area contributed by atoms with E-state index in [0.29, 0.717) is 6.04 Å². The third-order valence-electron chi connectivity index (χ3n) is 5.28. The molecule has 1 aliphatic heterocycles. The van der Waals surface area contributed by atoms with Crippen molar-refractivity contribution < 1.29 is 9.53 Å². The minimum atomic E-state index is -0.353. The van der Waals surface area contributed by atoms with Crippen LogP contribution in [0, 0.1) is 0 Å². The van der Waals surface area contributed by atoms with Gasteiger partial charge in [0.2, 0.25) is 5.91 Å². The fourth-order valence-corrected chi connectivity index (χ4v) is 3.66. The van der Waals surface area contributed by atoms with Gasteiger partial charge in [-0.25, -0.2) is 0 Å². The number of aromatic nitrogens is 2. The maximum Gasteiger partial charge on any atom is 0.248 e. The average molecular weight is 340 g/mol. The van der Waals surface area contributed by atoms with Gasteiger partial charge >= 0.3 is 0 Å². The summed E-state index contributed by atoms with van der Waals surface area (Å²) < 4.78 is 7.63. The number of hydrogen-bond acceptors (Lipinski definition) is 4. The van der Waals surface area contributed by atoms with Crippen molar-refractivity contribution in [1.82, 2.24) is 9.78 Å². The van der Waals surface area contributed by atoms with Gasteiger partial charge in [0.05, 0.1) is 18.2 Å². The Morgan fingerprint density at radius 2 is 2.20 bits per heavy atom. The molecule has 2 heterocycles. The Labute approximate surface area is 147 Å². The number of rotatable bonds is 5. The molecule has 0 bridgehead atoms. The van der Waals surface area contributed by atoms with E-state index >= 15 is 0 Å². The van der Waals surface area contributed by atoms with Crippen LogP contribution in [0.4, 0.5) is 11.4 Å². The number of anilines is 2. The summed E-state index contributed by atoms with van der Waals surface area (Å²) in [4.78, 5) is 12.4. The lowest BCUT2D eigenvalue weighted by Crippen LogP contribution is -2.36. The van der Waals surface area contributed by atoms with E-state index in [1.807, 2.05) is 37.3 Å². The third-order valence-corrected chi connectivity index (χ3v) is 5.28. The van der Waals surface area contributed by atoms with Crippen molar-refractivity contribution in [3.8, 4) is 0 Å². The zero-order chi connectivity index (χ0) is 17.3. The summed E-state index contributed by atoms with van der Waals surface area (Å²) in [7, 11) is 0. The standard InChI is InChI=1S/C19H24N4O2/c1-14(23-10-4-9-20-23)18(24)22-16-6-2-5-15(11-16)21-17-12-19(25-13-17)7-3-8-19/h2,4-6,9-11,14,17,21H,3,7-8,12-13H2,1H3,(H,22,24). The van der Waals surface area contributed by atoms with Crippen LogP contribution in [0.25, 0.3) is 0 Å². The molecule has 1 aromatic carbocycles. The Hall–Kier alpha value is -2.34. The van der Waals surface area contributed by atoms with Gasteiger partial charge in [-0.05, 0) is 56.9 Å². The quantitative estimate of drug-likeness (QED) is 0.877. The Bertz CT molecular complexity index is 740. The third kappa shape index (κ3) is 3.39. The summed E-state index contributed by atoms with van der Waals surface area (Å²) in [6.07, 6.45) is 8.19. The summed E-state index contributed by atoms with van der Waals surface area (Å²) in [6.45, 7) is 2.59. The van der Waals surface area contributed by atoms with Gasteiger partial charge in [-0.3, -0.25) is 9.48 Å². The Morgan fingerprint density at radius 1 is 1.36 bits per heavy atom. The van der Waals surface area contributed by atoms with Crippen molar-refractivity contribution in [2.45, 2.75) is 50.3 Å². The molecule has 4 rings (SSSR count). The number of benzene rings is 1. The molecule has 2 fully saturated rings. The van der Waals surface area contributed by atoms with E-state index in [-0.39, 0.29) is 17.6 Å². The van der Waals surface area contributed by atoms with E-state index < -0.39 is 0 Å². The second-order valence-corrected chi connectivity index (χ2v) is 7.13. The van der Waals surface area contributed by atoms with Crippen LogP contribution in [0.1, 0.15) is 38.6 Å². The number of hydrogen-bond donors (Lipinski definition) is 2. The summed E-state index contributed by atoms with van der Waals surface area (Å²) in [5.74, 6) is -0.0847. The molecule has 0 radical (unpaired) electrons. The van der Waals surface area contributed by atoms with E-state index in [1.165, 1.54) is 19.3 Å². The van der Waals surface area contributed by atoms with E-state index in [2.05, 4.69) is 15.7 Å². The van der Waals surface area contributed by atoms with Crippen LogP contribution in [-0.2, 0) is 9.53 Å². The van der Waals surface area contributed by atoms with Crippen molar-refractivity contribution in [1.29, 1.82) is 0 Å². The Balaban J connectivity index is 1.37. The number of amides is 1. The molecule has 6 nitrogen and oxygen atoms in total. The van der Waals surface area contributed by atoms with Crippen molar-refractivity contribution in [2.75, 3.05) is 17.2 Å². The van der Waals surface area contributed by atoms with Crippen LogP contribution < -0.4 is 10.6 Å². The molecule has 1 saturated carbocycles. The molecular formula is C19H24N4O2. The lowest BCUT2D eigenvalue weighted by molar-refractivity contribution is -0.119. The summed E-state index contributed by atoms with van der Waals surface area (Å²) >= 11 is 0. The molecule has 2 aliphatic rings. The van der Waals surface area contributed by atoms with Crippen LogP contribution in [0.5, 0.6) is 0 Å². The van der Waals surface area contributed by atoms with Gasteiger partial charge in [0.25, 0.3) is 0 Å². The summed E-state index contributed by atoms with van der Waals surface area (Å²) in [5, 5.41) is 10.6. The highest BCUT2D eigenvalue weighted by Crippen LogP contribution is 2.43. The molecule has 2 unspecified atom stereocenters. The van der Waals surface area contributed by atoms with Crippen LogP contribution in [-0.4, -0.2) is 33.9 Å². The highest BCUT2D eigenvalue weighted by molar-refractivity contribution is 5.93. The lowest BCUT2D eigenvalue weighted by Gasteiger charge is -2.37. The van der Waals surface area contributed by atoms with Crippen molar-refractivity contribution in [3.05, 3.63) is 42.7 Å². The minimum absolute atomic E-state index is 0.0847. The van der Waals surface area contributed by atoms with Crippen LogP contribution in [0.2, 0.25) is 0 Å². The second kappa shape index (κ2) is 6.52. The van der Waals surface area contributed by atoms with E-state index in [1.54, 1.807) is 17.1 Å². The molecule has 25 heavy (non-hydrogen) atoms. The molecule has 132 valence electrons. The van der Waals surface area contributed by atoms with Gasteiger partial charge in [-0.15, -0.1) is 0 Å². The highest BCUT2D eigenvalue weighted by Gasteiger charge is 2.44. The normalized spacial score (nSPS) is 22.4. The first-order chi connectivity index (χ1) is 12.1. The maximum atomic E-state index is 12.4. The second-order valence-electron chi connectivity index (χ2n) is 7.13. The SMILES string of the molecule is CC(C(=O)Nc1cccc(NC2COC3(CCC3)C2)c1)n1cccn1. The van der Waals surface area contributed by atoms with Crippen molar-refractivity contribution in [2.24, 2.45) is 0 Å². The number of nitrogens with zero attached hydrogens (tertiary/aromatic N) is 2. The topological polar surface area (TPSA) is 68.2 Å². The van der Waals surface area contributed by atoms with E-state index in [4.69, 9.17) is 4.74 Å². The minimum Gasteiger partial charge on any atom is -0.380 e. The molecule has 1 aliphatic carbocycles. The first-order valence-corrected chi connectivity index (χ1v) is 8.94. The first-order valence-electron chi connectivity index (χ1n) is 8.94. The number of carbonyl (C=O) groups excluding carboxylic acids is 1. The average Bonchev–Trinajstić information content (AvgIpc) is 3.24. The predicted molar refractivity (Wildman–Crippen MR) is 96.6 cm³/mol. The maximum absolute atomic E-state index is 12.4. The molecule has 1 saturated heterocycles. The van der Waals surface area contributed by atoms with Crippen LogP contribution >= 0.6 is 0 Å². The van der Waals surface area contributed by atoms with Gasteiger partial charge in [-0.2, -0.15) is 5.10 Å². The zero-order valence-electron chi connectivity index (χ0n) is 14.4. The molecule has 2 aromatic rings. The molecular weight excluding hydrogens is 316 g/mol. The van der Waals surface area contributed by atoms with Gasteiger partial charge < -0.3 is 15.4 Å². The molecule has 2 atom stereocenters.